The number of aromatic nitrogens is 4. The van der Waals surface area contributed by atoms with Gasteiger partial charge in [-0.25, -0.2) is 9.97 Å². The molecule has 0 aliphatic heterocycles. The predicted molar refractivity (Wildman–Crippen MR) is 181 cm³/mol. The number of hydrogen-bond donors (Lipinski definition) is 0. The summed E-state index contributed by atoms with van der Waals surface area (Å²) in [7, 11) is 0. The molecule has 4 heterocycles. The smallest absolute Gasteiger partial charge is 0.0971 e. The van der Waals surface area contributed by atoms with Gasteiger partial charge < -0.3 is 0 Å². The Kier molecular flexibility index (Phi) is 5.47. The summed E-state index contributed by atoms with van der Waals surface area (Å²) in [5.41, 5.74) is 10.1. The highest BCUT2D eigenvalue weighted by molar-refractivity contribution is 6.10. The lowest BCUT2D eigenvalue weighted by atomic mass is 9.99. The first-order chi connectivity index (χ1) is 21.8. The first-order valence-electron chi connectivity index (χ1n) is 14.7. The third-order valence-corrected chi connectivity index (χ3v) is 8.50. The Morgan fingerprint density at radius 2 is 1.02 bits per heavy atom. The Hall–Kier alpha value is -6.00. The third-order valence-electron chi connectivity index (χ3n) is 8.50. The Balaban J connectivity index is 1.11. The van der Waals surface area contributed by atoms with E-state index >= 15 is 0 Å². The van der Waals surface area contributed by atoms with Gasteiger partial charge in [-0.2, -0.15) is 0 Å². The molecule has 5 aromatic carbocycles. The number of hydrogen-bond acceptors (Lipinski definition) is 4. The normalized spacial score (nSPS) is 11.6. The van der Waals surface area contributed by atoms with E-state index < -0.39 is 0 Å². The van der Waals surface area contributed by atoms with Crippen LogP contribution in [0.2, 0.25) is 0 Å². The summed E-state index contributed by atoms with van der Waals surface area (Å²) in [5.74, 6) is 0. The lowest BCUT2D eigenvalue weighted by molar-refractivity contribution is 1.36. The largest absolute Gasteiger partial charge is 0.254 e. The lowest BCUT2D eigenvalue weighted by Crippen LogP contribution is -1.91. The second kappa shape index (κ2) is 9.79. The van der Waals surface area contributed by atoms with Crippen LogP contribution in [0.3, 0.4) is 0 Å². The summed E-state index contributed by atoms with van der Waals surface area (Å²) in [6.07, 6.45) is 3.64. The van der Waals surface area contributed by atoms with Crippen LogP contribution in [0.1, 0.15) is 0 Å². The molecule has 4 heteroatoms. The topological polar surface area (TPSA) is 51.6 Å². The van der Waals surface area contributed by atoms with E-state index in [2.05, 4.69) is 131 Å². The molecule has 0 bridgehead atoms. The second-order valence-corrected chi connectivity index (χ2v) is 11.2. The van der Waals surface area contributed by atoms with Gasteiger partial charge >= 0.3 is 0 Å². The minimum absolute atomic E-state index is 0.893. The fourth-order valence-electron chi connectivity index (χ4n) is 6.25. The third kappa shape index (κ3) is 4.08. The Labute approximate surface area is 253 Å². The molecule has 0 aliphatic rings. The summed E-state index contributed by atoms with van der Waals surface area (Å²) in [6, 6.07) is 46.7. The Bertz CT molecular complexity index is 2570. The zero-order valence-corrected chi connectivity index (χ0v) is 23.6. The molecule has 4 aromatic heterocycles. The number of rotatable bonds is 3. The highest BCUT2D eigenvalue weighted by atomic mass is 14.7. The van der Waals surface area contributed by atoms with Crippen molar-refractivity contribution in [2.24, 2.45) is 0 Å². The first-order valence-corrected chi connectivity index (χ1v) is 14.7. The Morgan fingerprint density at radius 3 is 1.98 bits per heavy atom. The zero-order valence-electron chi connectivity index (χ0n) is 23.6. The van der Waals surface area contributed by atoms with Crippen LogP contribution in [-0.4, -0.2) is 19.9 Å². The van der Waals surface area contributed by atoms with Gasteiger partial charge in [-0.15, -0.1) is 0 Å². The molecule has 9 rings (SSSR count). The van der Waals surface area contributed by atoms with Gasteiger partial charge in [0.15, 0.2) is 0 Å². The molecular weight excluding hydrogens is 536 g/mol. The summed E-state index contributed by atoms with van der Waals surface area (Å²) in [4.78, 5) is 19.4. The van der Waals surface area contributed by atoms with Crippen LogP contribution in [-0.2, 0) is 0 Å². The molecule has 0 amide bonds. The highest BCUT2D eigenvalue weighted by Gasteiger charge is 2.12. The number of benzene rings is 5. The van der Waals surface area contributed by atoms with E-state index in [4.69, 9.17) is 9.97 Å². The fourth-order valence-corrected chi connectivity index (χ4v) is 6.25. The van der Waals surface area contributed by atoms with Crippen LogP contribution < -0.4 is 0 Å². The molecule has 0 spiro atoms. The SMILES string of the molecule is c1ccc2cc(-c3ccc4cc(-c5ccc6ccc(-c7cc8cccnc8c8ncccc78)nc6c5)ccc4n3)ccc2c1. The summed E-state index contributed by atoms with van der Waals surface area (Å²) in [5, 5.41) is 6.77. The lowest BCUT2D eigenvalue weighted by Gasteiger charge is -2.11. The molecule has 0 aliphatic carbocycles. The van der Waals surface area contributed by atoms with Gasteiger partial charge in [0.2, 0.25) is 0 Å². The maximum absolute atomic E-state index is 5.16. The van der Waals surface area contributed by atoms with Gasteiger partial charge in [0.05, 0.1) is 33.5 Å². The zero-order chi connectivity index (χ0) is 29.0. The molecule has 44 heavy (non-hydrogen) atoms. The van der Waals surface area contributed by atoms with E-state index in [1.54, 1.807) is 0 Å². The summed E-state index contributed by atoms with van der Waals surface area (Å²) in [6.45, 7) is 0. The van der Waals surface area contributed by atoms with Crippen LogP contribution in [0.4, 0.5) is 0 Å². The number of pyridine rings is 4. The second-order valence-electron chi connectivity index (χ2n) is 11.2. The van der Waals surface area contributed by atoms with E-state index in [0.717, 1.165) is 77.3 Å². The minimum Gasteiger partial charge on any atom is -0.254 e. The van der Waals surface area contributed by atoms with Crippen molar-refractivity contribution in [3.63, 3.8) is 0 Å². The van der Waals surface area contributed by atoms with Crippen LogP contribution in [0.25, 0.3) is 88.0 Å². The van der Waals surface area contributed by atoms with Gasteiger partial charge in [-0.05, 0) is 76.5 Å². The van der Waals surface area contributed by atoms with Crippen molar-refractivity contribution in [3.05, 3.63) is 146 Å². The van der Waals surface area contributed by atoms with E-state index in [-0.39, 0.29) is 0 Å². The van der Waals surface area contributed by atoms with Gasteiger partial charge in [0.25, 0.3) is 0 Å². The molecule has 0 fully saturated rings. The van der Waals surface area contributed by atoms with Gasteiger partial charge in [-0.1, -0.05) is 78.9 Å². The van der Waals surface area contributed by atoms with Crippen molar-refractivity contribution in [2.75, 3.05) is 0 Å². The van der Waals surface area contributed by atoms with Crippen LogP contribution in [0.15, 0.2) is 146 Å². The van der Waals surface area contributed by atoms with Gasteiger partial charge in [0.1, 0.15) is 0 Å². The molecule has 0 radical (unpaired) electrons. The van der Waals surface area contributed by atoms with E-state index in [9.17, 15) is 0 Å². The van der Waals surface area contributed by atoms with Crippen LogP contribution >= 0.6 is 0 Å². The molecule has 9 aromatic rings. The molecular formula is C40H24N4. The molecule has 0 N–H and O–H groups in total. The van der Waals surface area contributed by atoms with Crippen molar-refractivity contribution in [1.82, 2.24) is 19.9 Å². The van der Waals surface area contributed by atoms with Crippen molar-refractivity contribution in [3.8, 4) is 33.6 Å². The monoisotopic (exact) mass is 560 g/mol. The number of fused-ring (bicyclic) bond motifs is 6. The van der Waals surface area contributed by atoms with Crippen LogP contribution in [0, 0.1) is 0 Å². The molecule has 4 nitrogen and oxygen atoms in total. The molecule has 0 saturated carbocycles. The molecule has 204 valence electrons. The van der Waals surface area contributed by atoms with Gasteiger partial charge in [0, 0.05) is 45.1 Å². The Morgan fingerprint density at radius 1 is 0.364 bits per heavy atom. The highest BCUT2D eigenvalue weighted by Crippen LogP contribution is 2.34. The van der Waals surface area contributed by atoms with E-state index in [0.29, 0.717) is 0 Å². The predicted octanol–water partition coefficient (Wildman–Crippen LogP) is 10.0. The fraction of sp³-hybridized carbons (Fsp3) is 0. The maximum atomic E-state index is 5.16. The minimum atomic E-state index is 0.893. The quantitative estimate of drug-likeness (QED) is 0.202. The standard InChI is InChI=1S/C40H24N4/c1-2-6-27-21-30(12-9-25(27)5-1)36-17-15-31-22-28(14-16-35(31)43-36)29-11-10-26-13-18-37(44-38(26)24-29)34-23-32-7-3-19-41-39(32)40-33(34)8-4-20-42-40/h1-24H. The molecule has 0 atom stereocenters. The summed E-state index contributed by atoms with van der Waals surface area (Å²) >= 11 is 0. The van der Waals surface area contributed by atoms with Crippen molar-refractivity contribution < 1.29 is 0 Å². The van der Waals surface area contributed by atoms with Gasteiger partial charge in [-0.3, -0.25) is 9.97 Å². The van der Waals surface area contributed by atoms with Crippen LogP contribution in [0.5, 0.6) is 0 Å². The van der Waals surface area contributed by atoms with Crippen molar-refractivity contribution >= 4 is 54.4 Å². The average Bonchev–Trinajstić information content (AvgIpc) is 3.10. The first kappa shape index (κ1) is 24.6. The maximum Gasteiger partial charge on any atom is 0.0971 e. The molecule has 0 saturated heterocycles. The van der Waals surface area contributed by atoms with Crippen molar-refractivity contribution in [1.29, 1.82) is 0 Å². The average molecular weight is 561 g/mol. The van der Waals surface area contributed by atoms with E-state index in [1.165, 1.54) is 10.8 Å². The van der Waals surface area contributed by atoms with Crippen molar-refractivity contribution in [2.45, 2.75) is 0 Å². The van der Waals surface area contributed by atoms with E-state index in [1.807, 2.05) is 24.5 Å². The summed E-state index contributed by atoms with van der Waals surface area (Å²) < 4.78 is 0. The molecule has 0 unspecified atom stereocenters. The number of nitrogens with zero attached hydrogens (tertiary/aromatic N) is 4.